The van der Waals surface area contributed by atoms with Crippen LogP contribution in [0.5, 0.6) is 17.2 Å². The molecular formula is C20H17ClN2O4. The molecule has 4 rings (SSSR count). The number of hydrogen-bond acceptors (Lipinski definition) is 5. The van der Waals surface area contributed by atoms with Crippen molar-refractivity contribution in [3.05, 3.63) is 81.0 Å². The number of benzene rings is 1. The van der Waals surface area contributed by atoms with Gasteiger partial charge >= 0.3 is 0 Å². The summed E-state index contributed by atoms with van der Waals surface area (Å²) in [6, 6.07) is 10.5. The third-order valence-electron chi connectivity index (χ3n) is 4.36. The first-order valence-corrected chi connectivity index (χ1v) is 8.80. The molecule has 138 valence electrons. The number of pyridine rings is 2. The standard InChI is InChI=1S/C20H17ClN2O4/c1-13-14(3-2-5-22-13)11-25-16-4-6-23(20(24)8-16)10-15-7-18-19(9-17(15)21)27-12-26-18/h2-9H,10-12H2,1H3. The second kappa shape index (κ2) is 7.32. The van der Waals surface area contributed by atoms with E-state index in [0.29, 0.717) is 35.4 Å². The molecular weight excluding hydrogens is 368 g/mol. The fourth-order valence-corrected chi connectivity index (χ4v) is 3.02. The van der Waals surface area contributed by atoms with E-state index in [4.69, 9.17) is 25.8 Å². The molecule has 0 aliphatic carbocycles. The Morgan fingerprint density at radius 3 is 2.78 bits per heavy atom. The van der Waals surface area contributed by atoms with Crippen molar-refractivity contribution in [2.75, 3.05) is 6.79 Å². The van der Waals surface area contributed by atoms with Gasteiger partial charge in [-0.05, 0) is 30.7 Å². The minimum atomic E-state index is -0.177. The Labute approximate surface area is 160 Å². The van der Waals surface area contributed by atoms with Crippen LogP contribution in [0.15, 0.2) is 53.6 Å². The van der Waals surface area contributed by atoms with Crippen molar-refractivity contribution in [1.82, 2.24) is 9.55 Å². The Bertz CT molecular complexity index is 1050. The number of aromatic nitrogens is 2. The lowest BCUT2D eigenvalue weighted by Crippen LogP contribution is -2.19. The van der Waals surface area contributed by atoms with Crippen molar-refractivity contribution < 1.29 is 14.2 Å². The molecule has 3 aromatic rings. The summed E-state index contributed by atoms with van der Waals surface area (Å²) < 4.78 is 18.0. The van der Waals surface area contributed by atoms with Crippen LogP contribution in [-0.4, -0.2) is 16.3 Å². The molecule has 0 saturated heterocycles. The van der Waals surface area contributed by atoms with E-state index < -0.39 is 0 Å². The lowest BCUT2D eigenvalue weighted by Gasteiger charge is -2.11. The van der Waals surface area contributed by atoms with E-state index in [1.54, 1.807) is 35.2 Å². The average Bonchev–Trinajstić information content (AvgIpc) is 3.10. The summed E-state index contributed by atoms with van der Waals surface area (Å²) in [7, 11) is 0. The lowest BCUT2D eigenvalue weighted by atomic mass is 10.2. The molecule has 0 unspecified atom stereocenters. The topological polar surface area (TPSA) is 62.6 Å². The number of fused-ring (bicyclic) bond motifs is 1. The molecule has 1 aromatic carbocycles. The number of halogens is 1. The molecule has 6 nitrogen and oxygen atoms in total. The van der Waals surface area contributed by atoms with Crippen LogP contribution in [0.25, 0.3) is 0 Å². The summed E-state index contributed by atoms with van der Waals surface area (Å²) in [6.45, 7) is 2.79. The molecule has 0 atom stereocenters. The molecule has 3 heterocycles. The highest BCUT2D eigenvalue weighted by Crippen LogP contribution is 2.36. The largest absolute Gasteiger partial charge is 0.489 e. The Morgan fingerprint density at radius 1 is 1.19 bits per heavy atom. The predicted molar refractivity (Wildman–Crippen MR) is 101 cm³/mol. The fraction of sp³-hybridized carbons (Fsp3) is 0.200. The van der Waals surface area contributed by atoms with Gasteiger partial charge in [0.2, 0.25) is 6.79 Å². The van der Waals surface area contributed by atoms with E-state index in [1.165, 1.54) is 6.07 Å². The first-order valence-electron chi connectivity index (χ1n) is 8.42. The molecule has 0 fully saturated rings. The van der Waals surface area contributed by atoms with Gasteiger partial charge in [0.05, 0.1) is 6.54 Å². The summed E-state index contributed by atoms with van der Waals surface area (Å²) >= 11 is 6.29. The molecule has 0 bridgehead atoms. The van der Waals surface area contributed by atoms with Crippen LogP contribution in [0.2, 0.25) is 5.02 Å². The number of hydrogen-bond donors (Lipinski definition) is 0. The summed E-state index contributed by atoms with van der Waals surface area (Å²) in [5.41, 5.74) is 2.49. The van der Waals surface area contributed by atoms with Gasteiger partial charge in [-0.25, -0.2) is 0 Å². The van der Waals surface area contributed by atoms with Crippen LogP contribution in [0, 0.1) is 6.92 Å². The molecule has 0 N–H and O–H groups in total. The van der Waals surface area contributed by atoms with E-state index >= 15 is 0 Å². The highest BCUT2D eigenvalue weighted by atomic mass is 35.5. The fourth-order valence-electron chi connectivity index (χ4n) is 2.81. The predicted octanol–water partition coefficient (Wildman–Crippen LogP) is 3.56. The van der Waals surface area contributed by atoms with Gasteiger partial charge < -0.3 is 18.8 Å². The average molecular weight is 385 g/mol. The Hall–Kier alpha value is -2.99. The molecule has 0 saturated carbocycles. The highest BCUT2D eigenvalue weighted by Gasteiger charge is 2.17. The highest BCUT2D eigenvalue weighted by molar-refractivity contribution is 6.31. The SMILES string of the molecule is Cc1ncccc1COc1ccn(Cc2cc3c(cc2Cl)OCO3)c(=O)c1. The maximum Gasteiger partial charge on any atom is 0.254 e. The summed E-state index contributed by atoms with van der Waals surface area (Å²) in [6.07, 6.45) is 3.43. The number of rotatable bonds is 5. The molecule has 0 amide bonds. The summed E-state index contributed by atoms with van der Waals surface area (Å²) in [5, 5.41) is 0.526. The molecule has 1 aliphatic heterocycles. The molecule has 7 heteroatoms. The zero-order valence-corrected chi connectivity index (χ0v) is 15.4. The van der Waals surface area contributed by atoms with Gasteiger partial charge in [-0.2, -0.15) is 0 Å². The van der Waals surface area contributed by atoms with Crippen LogP contribution < -0.4 is 19.8 Å². The zero-order valence-electron chi connectivity index (χ0n) is 14.6. The molecule has 27 heavy (non-hydrogen) atoms. The van der Waals surface area contributed by atoms with Gasteiger partial charge in [-0.3, -0.25) is 9.78 Å². The van der Waals surface area contributed by atoms with Crippen LogP contribution in [0.1, 0.15) is 16.8 Å². The zero-order chi connectivity index (χ0) is 18.8. The monoisotopic (exact) mass is 384 g/mol. The quantitative estimate of drug-likeness (QED) is 0.673. The summed E-state index contributed by atoms with van der Waals surface area (Å²) in [5.74, 6) is 1.76. The van der Waals surface area contributed by atoms with Crippen molar-refractivity contribution in [2.24, 2.45) is 0 Å². The van der Waals surface area contributed by atoms with Crippen LogP contribution in [0.3, 0.4) is 0 Å². The van der Waals surface area contributed by atoms with Gasteiger partial charge in [-0.15, -0.1) is 0 Å². The normalized spacial score (nSPS) is 12.2. The van der Waals surface area contributed by atoms with Gasteiger partial charge in [0.25, 0.3) is 5.56 Å². The van der Waals surface area contributed by atoms with Gasteiger partial charge in [0.1, 0.15) is 12.4 Å². The van der Waals surface area contributed by atoms with Crippen molar-refractivity contribution in [1.29, 1.82) is 0 Å². The minimum Gasteiger partial charge on any atom is -0.489 e. The minimum absolute atomic E-state index is 0.177. The molecule has 2 aromatic heterocycles. The van der Waals surface area contributed by atoms with E-state index in [0.717, 1.165) is 16.8 Å². The van der Waals surface area contributed by atoms with Gasteiger partial charge in [0.15, 0.2) is 11.5 Å². The molecule has 0 spiro atoms. The van der Waals surface area contributed by atoms with E-state index in [9.17, 15) is 4.79 Å². The van der Waals surface area contributed by atoms with Crippen LogP contribution >= 0.6 is 11.6 Å². The van der Waals surface area contributed by atoms with Crippen molar-refractivity contribution in [3.63, 3.8) is 0 Å². The van der Waals surface area contributed by atoms with E-state index in [-0.39, 0.29) is 12.4 Å². The maximum absolute atomic E-state index is 12.4. The first kappa shape index (κ1) is 17.4. The molecule has 0 radical (unpaired) electrons. The number of aryl methyl sites for hydroxylation is 1. The van der Waals surface area contributed by atoms with Gasteiger partial charge in [0, 0.05) is 40.8 Å². The first-order chi connectivity index (χ1) is 13.1. The number of ether oxygens (including phenoxy) is 3. The maximum atomic E-state index is 12.4. The Kier molecular flexibility index (Phi) is 4.73. The van der Waals surface area contributed by atoms with E-state index in [1.807, 2.05) is 19.1 Å². The lowest BCUT2D eigenvalue weighted by molar-refractivity contribution is 0.174. The van der Waals surface area contributed by atoms with Crippen molar-refractivity contribution in [3.8, 4) is 17.2 Å². The Morgan fingerprint density at radius 2 is 2.00 bits per heavy atom. The second-order valence-electron chi connectivity index (χ2n) is 6.16. The van der Waals surface area contributed by atoms with Gasteiger partial charge in [-0.1, -0.05) is 17.7 Å². The second-order valence-corrected chi connectivity index (χ2v) is 6.57. The van der Waals surface area contributed by atoms with Crippen molar-refractivity contribution in [2.45, 2.75) is 20.1 Å². The summed E-state index contributed by atoms with van der Waals surface area (Å²) in [4.78, 5) is 16.7. The van der Waals surface area contributed by atoms with E-state index in [2.05, 4.69) is 4.98 Å². The third-order valence-corrected chi connectivity index (χ3v) is 4.71. The number of nitrogens with zero attached hydrogens (tertiary/aromatic N) is 2. The van der Waals surface area contributed by atoms with Crippen LogP contribution in [-0.2, 0) is 13.2 Å². The third kappa shape index (κ3) is 3.75. The smallest absolute Gasteiger partial charge is 0.254 e. The van der Waals surface area contributed by atoms with Crippen molar-refractivity contribution >= 4 is 11.6 Å². The Balaban J connectivity index is 1.49. The molecule has 1 aliphatic rings. The van der Waals surface area contributed by atoms with Crippen LogP contribution in [0.4, 0.5) is 0 Å².